The number of halogens is 1. The van der Waals surface area contributed by atoms with Crippen LogP contribution >= 0.6 is 0 Å². The molecule has 0 saturated heterocycles. The van der Waals surface area contributed by atoms with Gasteiger partial charge in [-0.05, 0) is 35.6 Å². The minimum Gasteiger partial charge on any atom is -0.304 e. The van der Waals surface area contributed by atoms with E-state index in [2.05, 4.69) is 44.9 Å². The van der Waals surface area contributed by atoms with E-state index in [4.69, 9.17) is 0 Å². The summed E-state index contributed by atoms with van der Waals surface area (Å²) in [6.45, 7) is 1.13. The molecule has 1 aromatic carbocycles. The number of fused-ring (bicyclic) bond motifs is 1. The molecule has 0 amide bonds. The van der Waals surface area contributed by atoms with Gasteiger partial charge in [-0.1, -0.05) is 29.5 Å². The second-order valence-electron chi connectivity index (χ2n) is 6.09. The minimum atomic E-state index is -0.339. The van der Waals surface area contributed by atoms with E-state index in [1.54, 1.807) is 10.9 Å². The smallest absolute Gasteiger partial charge is 0.141 e. The zero-order valence-corrected chi connectivity index (χ0v) is 13.2. The summed E-state index contributed by atoms with van der Waals surface area (Å²) in [5.74, 6) is -0.339. The average molecular weight is 323 g/mol. The maximum atomic E-state index is 13.2. The zero-order chi connectivity index (χ0) is 16.4. The van der Waals surface area contributed by atoms with Crippen molar-refractivity contribution >= 4 is 0 Å². The Hall–Kier alpha value is -2.60. The van der Waals surface area contributed by atoms with Crippen molar-refractivity contribution in [3.05, 3.63) is 77.1 Å². The molecule has 3 aromatic rings. The van der Waals surface area contributed by atoms with E-state index in [-0.39, 0.29) is 5.82 Å². The summed E-state index contributed by atoms with van der Waals surface area (Å²) in [5, 5.41) is 11.8. The van der Waals surface area contributed by atoms with Gasteiger partial charge in [-0.3, -0.25) is 4.98 Å². The highest BCUT2D eigenvalue weighted by molar-refractivity contribution is 5.34. The summed E-state index contributed by atoms with van der Waals surface area (Å²) in [6.07, 6.45) is 6.95. The zero-order valence-electron chi connectivity index (χ0n) is 13.2. The van der Waals surface area contributed by atoms with Gasteiger partial charge in [0.25, 0.3) is 0 Å². The molecule has 0 aliphatic heterocycles. The number of hydrogen-bond donors (Lipinski definition) is 1. The number of aryl methyl sites for hydroxylation is 1. The summed E-state index contributed by atoms with van der Waals surface area (Å²) >= 11 is 0. The van der Waals surface area contributed by atoms with E-state index in [0.717, 1.165) is 24.1 Å². The number of nitrogens with one attached hydrogen (secondary N) is 1. The van der Waals surface area contributed by atoms with Crippen molar-refractivity contribution in [1.82, 2.24) is 25.3 Å². The maximum absolute atomic E-state index is 13.2. The standard InChI is InChI=1S/C18H18FN5/c19-15-7-13(8-20-9-15)11-24-12-16(22-23-24)10-21-18-6-5-14-3-1-2-4-17(14)18/h1-4,7-9,12,18,21H,5-6,10-11H2. The van der Waals surface area contributed by atoms with Gasteiger partial charge in [-0.25, -0.2) is 9.07 Å². The van der Waals surface area contributed by atoms with Crippen LogP contribution in [0.5, 0.6) is 0 Å². The van der Waals surface area contributed by atoms with Crippen molar-refractivity contribution in [2.24, 2.45) is 0 Å². The van der Waals surface area contributed by atoms with E-state index < -0.39 is 0 Å². The van der Waals surface area contributed by atoms with Gasteiger partial charge in [0.05, 0.1) is 24.6 Å². The molecule has 24 heavy (non-hydrogen) atoms. The molecule has 0 fully saturated rings. The second kappa shape index (κ2) is 6.49. The molecule has 0 saturated carbocycles. The quantitative estimate of drug-likeness (QED) is 0.784. The van der Waals surface area contributed by atoms with Crippen molar-refractivity contribution < 1.29 is 4.39 Å². The largest absolute Gasteiger partial charge is 0.304 e. The summed E-state index contributed by atoms with van der Waals surface area (Å²) in [4.78, 5) is 3.85. The molecule has 1 aliphatic rings. The molecular formula is C18H18FN5. The van der Waals surface area contributed by atoms with E-state index in [9.17, 15) is 4.39 Å². The number of aromatic nitrogens is 4. The van der Waals surface area contributed by atoms with Crippen LogP contribution < -0.4 is 5.32 Å². The van der Waals surface area contributed by atoms with Gasteiger partial charge in [0, 0.05) is 18.8 Å². The molecule has 6 heteroatoms. The van der Waals surface area contributed by atoms with Gasteiger partial charge < -0.3 is 5.32 Å². The fourth-order valence-electron chi connectivity index (χ4n) is 3.22. The van der Waals surface area contributed by atoms with Gasteiger partial charge in [0.15, 0.2) is 0 Å². The monoisotopic (exact) mass is 323 g/mol. The Balaban J connectivity index is 1.38. The van der Waals surface area contributed by atoms with E-state index in [1.165, 1.54) is 23.4 Å². The molecular weight excluding hydrogens is 305 g/mol. The second-order valence-corrected chi connectivity index (χ2v) is 6.09. The number of benzene rings is 1. The number of nitrogens with zero attached hydrogens (tertiary/aromatic N) is 4. The van der Waals surface area contributed by atoms with Crippen molar-refractivity contribution in [2.45, 2.75) is 32.0 Å². The van der Waals surface area contributed by atoms with Crippen LogP contribution in [0.1, 0.15) is 34.8 Å². The fourth-order valence-corrected chi connectivity index (χ4v) is 3.22. The highest BCUT2D eigenvalue weighted by Gasteiger charge is 2.21. The third-order valence-electron chi connectivity index (χ3n) is 4.35. The Morgan fingerprint density at radius 1 is 1.25 bits per heavy atom. The van der Waals surface area contributed by atoms with Crippen LogP contribution in [0.25, 0.3) is 0 Å². The number of rotatable bonds is 5. The lowest BCUT2D eigenvalue weighted by molar-refractivity contribution is 0.525. The first-order chi connectivity index (χ1) is 11.8. The maximum Gasteiger partial charge on any atom is 0.141 e. The van der Waals surface area contributed by atoms with Crippen LogP contribution in [-0.4, -0.2) is 20.0 Å². The highest BCUT2D eigenvalue weighted by atomic mass is 19.1. The minimum absolute atomic E-state index is 0.339. The molecule has 1 atom stereocenters. The summed E-state index contributed by atoms with van der Waals surface area (Å²) in [5.41, 5.74) is 4.46. The van der Waals surface area contributed by atoms with Crippen molar-refractivity contribution in [2.75, 3.05) is 0 Å². The first kappa shape index (κ1) is 15.0. The van der Waals surface area contributed by atoms with Gasteiger partial charge in [0.1, 0.15) is 5.82 Å². The molecule has 1 aliphatic carbocycles. The van der Waals surface area contributed by atoms with Crippen LogP contribution in [0.4, 0.5) is 4.39 Å². The summed E-state index contributed by atoms with van der Waals surface area (Å²) < 4.78 is 14.9. The van der Waals surface area contributed by atoms with Crippen molar-refractivity contribution in [1.29, 1.82) is 0 Å². The van der Waals surface area contributed by atoms with Crippen LogP contribution in [0.3, 0.4) is 0 Å². The summed E-state index contributed by atoms with van der Waals surface area (Å²) in [6, 6.07) is 10.4. The Kier molecular flexibility index (Phi) is 4.04. The Morgan fingerprint density at radius 2 is 2.17 bits per heavy atom. The van der Waals surface area contributed by atoms with Crippen LogP contribution in [0.15, 0.2) is 48.9 Å². The van der Waals surface area contributed by atoms with E-state index in [0.29, 0.717) is 19.1 Å². The number of pyridine rings is 1. The molecule has 0 radical (unpaired) electrons. The predicted molar refractivity (Wildman–Crippen MR) is 87.7 cm³/mol. The molecule has 5 nitrogen and oxygen atoms in total. The first-order valence-corrected chi connectivity index (χ1v) is 8.07. The lowest BCUT2D eigenvalue weighted by Crippen LogP contribution is -2.18. The lowest BCUT2D eigenvalue weighted by Gasteiger charge is -2.12. The Labute approximate surface area is 139 Å². The molecule has 122 valence electrons. The third-order valence-corrected chi connectivity index (χ3v) is 4.35. The van der Waals surface area contributed by atoms with Crippen LogP contribution in [-0.2, 0) is 19.5 Å². The van der Waals surface area contributed by atoms with Gasteiger partial charge in [-0.2, -0.15) is 0 Å². The molecule has 0 bridgehead atoms. The van der Waals surface area contributed by atoms with E-state index >= 15 is 0 Å². The molecule has 2 aromatic heterocycles. The third kappa shape index (κ3) is 3.19. The average Bonchev–Trinajstić information content (AvgIpc) is 3.20. The SMILES string of the molecule is Fc1cncc(Cn2cc(CNC3CCc4ccccc43)nn2)c1. The predicted octanol–water partition coefficient (Wildman–Crippen LogP) is 2.64. The van der Waals surface area contributed by atoms with Gasteiger partial charge >= 0.3 is 0 Å². The van der Waals surface area contributed by atoms with Crippen molar-refractivity contribution in [3.63, 3.8) is 0 Å². The number of hydrogen-bond acceptors (Lipinski definition) is 4. The normalized spacial score (nSPS) is 16.3. The molecule has 1 N–H and O–H groups in total. The first-order valence-electron chi connectivity index (χ1n) is 8.07. The van der Waals surface area contributed by atoms with Gasteiger partial charge in [-0.15, -0.1) is 5.10 Å². The lowest BCUT2D eigenvalue weighted by atomic mass is 10.1. The van der Waals surface area contributed by atoms with Gasteiger partial charge in [0.2, 0.25) is 0 Å². The molecule has 2 heterocycles. The molecule has 4 rings (SSSR count). The Morgan fingerprint density at radius 3 is 3.08 bits per heavy atom. The Bertz CT molecular complexity index is 845. The van der Waals surface area contributed by atoms with E-state index in [1.807, 2.05) is 6.20 Å². The molecule has 1 unspecified atom stereocenters. The highest BCUT2D eigenvalue weighted by Crippen LogP contribution is 2.30. The van der Waals surface area contributed by atoms with Crippen molar-refractivity contribution in [3.8, 4) is 0 Å². The van der Waals surface area contributed by atoms with Crippen LogP contribution in [0, 0.1) is 5.82 Å². The molecule has 0 spiro atoms. The van der Waals surface area contributed by atoms with Crippen LogP contribution in [0.2, 0.25) is 0 Å². The fraction of sp³-hybridized carbons (Fsp3) is 0.278. The topological polar surface area (TPSA) is 55.6 Å². The summed E-state index contributed by atoms with van der Waals surface area (Å²) in [7, 11) is 0.